The highest BCUT2D eigenvalue weighted by atomic mass is 19.1. The van der Waals surface area contributed by atoms with Gasteiger partial charge in [-0.1, -0.05) is 18.2 Å². The maximum atomic E-state index is 13.8. The number of carboxylic acids is 1. The molecule has 23 heavy (non-hydrogen) atoms. The van der Waals surface area contributed by atoms with Crippen molar-refractivity contribution in [1.82, 2.24) is 14.7 Å². The fourth-order valence-corrected chi connectivity index (χ4v) is 3.33. The second-order valence-electron chi connectivity index (χ2n) is 6.15. The average molecular weight is 317 g/mol. The Morgan fingerprint density at radius 2 is 2.13 bits per heavy atom. The number of nitrogens with zero attached hydrogens (tertiary/aromatic N) is 3. The quantitative estimate of drug-likeness (QED) is 0.939. The zero-order valence-corrected chi connectivity index (χ0v) is 13.2. The van der Waals surface area contributed by atoms with Crippen molar-refractivity contribution in [1.29, 1.82) is 0 Å². The summed E-state index contributed by atoms with van der Waals surface area (Å²) in [6.07, 6.45) is 1.75. The number of aromatic nitrogens is 2. The third kappa shape index (κ3) is 2.99. The van der Waals surface area contributed by atoms with Gasteiger partial charge < -0.3 is 5.11 Å². The van der Waals surface area contributed by atoms with Crippen LogP contribution in [0, 0.1) is 18.7 Å². The number of benzene rings is 1. The van der Waals surface area contributed by atoms with Gasteiger partial charge in [0.25, 0.3) is 0 Å². The van der Waals surface area contributed by atoms with Crippen LogP contribution >= 0.6 is 0 Å². The zero-order chi connectivity index (χ0) is 16.6. The monoisotopic (exact) mass is 317 g/mol. The largest absolute Gasteiger partial charge is 0.481 e. The number of carbonyl (C=O) groups is 1. The van der Waals surface area contributed by atoms with Crippen molar-refractivity contribution in [3.8, 4) is 0 Å². The second-order valence-corrected chi connectivity index (χ2v) is 6.15. The van der Waals surface area contributed by atoms with Gasteiger partial charge in [0.15, 0.2) is 0 Å². The van der Waals surface area contributed by atoms with E-state index in [-0.39, 0.29) is 11.7 Å². The van der Waals surface area contributed by atoms with Crippen molar-refractivity contribution in [2.24, 2.45) is 13.0 Å². The molecule has 2 heterocycles. The molecular weight excluding hydrogens is 297 g/mol. The number of rotatable bonds is 4. The van der Waals surface area contributed by atoms with Crippen LogP contribution in [0.25, 0.3) is 0 Å². The maximum Gasteiger partial charge on any atom is 0.308 e. The summed E-state index contributed by atoms with van der Waals surface area (Å²) in [5.41, 5.74) is 2.55. The van der Waals surface area contributed by atoms with Crippen molar-refractivity contribution in [2.45, 2.75) is 19.4 Å². The summed E-state index contributed by atoms with van der Waals surface area (Å²) >= 11 is 0. The molecule has 1 aliphatic rings. The smallest absolute Gasteiger partial charge is 0.308 e. The third-order valence-electron chi connectivity index (χ3n) is 4.74. The van der Waals surface area contributed by atoms with Gasteiger partial charge in [0.1, 0.15) is 5.82 Å². The van der Waals surface area contributed by atoms with E-state index in [9.17, 15) is 14.3 Å². The molecule has 0 unspecified atom stereocenters. The Bertz CT molecular complexity index is 728. The van der Waals surface area contributed by atoms with E-state index in [1.54, 1.807) is 29.1 Å². The molecule has 1 aromatic heterocycles. The van der Waals surface area contributed by atoms with Crippen molar-refractivity contribution in [3.05, 3.63) is 53.1 Å². The van der Waals surface area contributed by atoms with Crippen LogP contribution < -0.4 is 0 Å². The van der Waals surface area contributed by atoms with Gasteiger partial charge in [0.2, 0.25) is 0 Å². The normalized spacial score (nSPS) is 21.7. The van der Waals surface area contributed by atoms with Crippen LogP contribution in [0.4, 0.5) is 4.39 Å². The number of likely N-dealkylation sites (tertiary alicyclic amines) is 1. The number of halogens is 1. The van der Waals surface area contributed by atoms with Crippen LogP contribution in [-0.4, -0.2) is 38.8 Å². The summed E-state index contributed by atoms with van der Waals surface area (Å²) in [5, 5.41) is 13.8. The summed E-state index contributed by atoms with van der Waals surface area (Å²) in [4.78, 5) is 13.6. The molecule has 0 bridgehead atoms. The molecular formula is C17H20FN3O2. The summed E-state index contributed by atoms with van der Waals surface area (Å²) in [5.74, 6) is -1.67. The Morgan fingerprint density at radius 3 is 2.74 bits per heavy atom. The fraction of sp³-hybridized carbons (Fsp3) is 0.412. The van der Waals surface area contributed by atoms with Gasteiger partial charge in [0, 0.05) is 43.9 Å². The summed E-state index contributed by atoms with van der Waals surface area (Å²) in [7, 11) is 1.85. The Balaban J connectivity index is 1.83. The topological polar surface area (TPSA) is 58.4 Å². The number of aryl methyl sites for hydroxylation is 1. The second kappa shape index (κ2) is 6.12. The predicted molar refractivity (Wildman–Crippen MR) is 83.5 cm³/mol. The molecule has 0 amide bonds. The molecule has 1 fully saturated rings. The molecule has 1 N–H and O–H groups in total. The van der Waals surface area contributed by atoms with Gasteiger partial charge in [0.05, 0.1) is 12.1 Å². The van der Waals surface area contributed by atoms with Gasteiger partial charge in [-0.2, -0.15) is 5.10 Å². The van der Waals surface area contributed by atoms with Crippen molar-refractivity contribution in [2.75, 3.05) is 13.1 Å². The van der Waals surface area contributed by atoms with Crippen molar-refractivity contribution >= 4 is 5.97 Å². The first-order valence-corrected chi connectivity index (χ1v) is 7.64. The molecule has 1 saturated heterocycles. The Kier molecular flexibility index (Phi) is 4.17. The third-order valence-corrected chi connectivity index (χ3v) is 4.74. The molecule has 6 heteroatoms. The first-order chi connectivity index (χ1) is 11.0. The maximum absolute atomic E-state index is 13.8. The minimum atomic E-state index is -0.811. The van der Waals surface area contributed by atoms with Crippen molar-refractivity contribution in [3.63, 3.8) is 0 Å². The van der Waals surface area contributed by atoms with Gasteiger partial charge in [-0.25, -0.2) is 4.39 Å². The van der Waals surface area contributed by atoms with Crippen molar-refractivity contribution < 1.29 is 14.3 Å². The summed E-state index contributed by atoms with van der Waals surface area (Å²) < 4.78 is 15.6. The molecule has 1 aromatic carbocycles. The molecule has 5 nitrogen and oxygen atoms in total. The van der Waals surface area contributed by atoms with Crippen LogP contribution in [0.15, 0.2) is 30.5 Å². The molecule has 0 radical (unpaired) electrons. The minimum absolute atomic E-state index is 0.118. The molecule has 2 atom stereocenters. The lowest BCUT2D eigenvalue weighted by molar-refractivity contribution is -0.141. The van der Waals surface area contributed by atoms with E-state index in [0.717, 1.165) is 11.3 Å². The van der Waals surface area contributed by atoms with E-state index < -0.39 is 11.9 Å². The SMILES string of the molecule is Cc1c([C@H]2CN(Cc3ccccc3F)C[C@@H]2C(=O)O)cnn1C. The molecule has 1 aliphatic heterocycles. The van der Waals surface area contributed by atoms with Crippen LogP contribution in [-0.2, 0) is 18.4 Å². The number of carboxylic acid groups (broad SMARTS) is 1. The molecule has 0 spiro atoms. The number of aliphatic carboxylic acids is 1. The van der Waals surface area contributed by atoms with E-state index >= 15 is 0 Å². The first kappa shape index (κ1) is 15.7. The van der Waals surface area contributed by atoms with E-state index in [1.807, 2.05) is 18.9 Å². The average Bonchev–Trinajstić information content (AvgIpc) is 3.06. The van der Waals surface area contributed by atoms with Gasteiger partial charge >= 0.3 is 5.97 Å². The molecule has 0 aliphatic carbocycles. The lowest BCUT2D eigenvalue weighted by Gasteiger charge is -2.16. The first-order valence-electron chi connectivity index (χ1n) is 7.64. The van der Waals surface area contributed by atoms with E-state index in [0.29, 0.717) is 25.2 Å². The molecule has 122 valence electrons. The Labute approximate surface area is 134 Å². The van der Waals surface area contributed by atoms with Gasteiger partial charge in [-0.15, -0.1) is 0 Å². The van der Waals surface area contributed by atoms with Crippen LogP contribution in [0.1, 0.15) is 22.7 Å². The number of hydrogen-bond acceptors (Lipinski definition) is 3. The van der Waals surface area contributed by atoms with E-state index in [4.69, 9.17) is 0 Å². The van der Waals surface area contributed by atoms with Crippen LogP contribution in [0.5, 0.6) is 0 Å². The lowest BCUT2D eigenvalue weighted by Crippen LogP contribution is -2.23. The minimum Gasteiger partial charge on any atom is -0.481 e. The highest BCUT2D eigenvalue weighted by Crippen LogP contribution is 2.35. The van der Waals surface area contributed by atoms with Crippen LogP contribution in [0.2, 0.25) is 0 Å². The van der Waals surface area contributed by atoms with Crippen LogP contribution in [0.3, 0.4) is 0 Å². The molecule has 3 rings (SSSR count). The number of hydrogen-bond donors (Lipinski definition) is 1. The Hall–Kier alpha value is -2.21. The molecule has 0 saturated carbocycles. The highest BCUT2D eigenvalue weighted by Gasteiger charge is 2.40. The highest BCUT2D eigenvalue weighted by molar-refractivity contribution is 5.72. The standard InChI is InChI=1S/C17H20FN3O2/c1-11-13(7-19-20(11)2)14-9-21(10-15(14)17(22)23)8-12-5-3-4-6-16(12)18/h3-7,14-15H,8-10H2,1-2H3,(H,22,23)/t14-,15+/m1/s1. The predicted octanol–water partition coefficient (Wildman–Crippen LogP) is 2.17. The summed E-state index contributed by atoms with van der Waals surface area (Å²) in [6.45, 7) is 3.38. The van der Waals surface area contributed by atoms with E-state index in [2.05, 4.69) is 5.10 Å². The van der Waals surface area contributed by atoms with E-state index in [1.165, 1.54) is 6.07 Å². The fourth-order valence-electron chi connectivity index (χ4n) is 3.33. The van der Waals surface area contributed by atoms with Gasteiger partial charge in [-0.05, 0) is 18.6 Å². The Morgan fingerprint density at radius 1 is 1.39 bits per heavy atom. The lowest BCUT2D eigenvalue weighted by atomic mass is 9.89. The zero-order valence-electron chi connectivity index (χ0n) is 13.2. The summed E-state index contributed by atoms with van der Waals surface area (Å²) in [6, 6.07) is 6.63. The molecule has 2 aromatic rings. The van der Waals surface area contributed by atoms with Gasteiger partial charge in [-0.3, -0.25) is 14.4 Å².